The zero-order valence-electron chi connectivity index (χ0n) is 11.7. The second-order valence-electron chi connectivity index (χ2n) is 4.53. The molecule has 20 heavy (non-hydrogen) atoms. The smallest absolute Gasteiger partial charge is 0.305 e. The Morgan fingerprint density at radius 1 is 1.45 bits per heavy atom. The number of anilines is 1. The van der Waals surface area contributed by atoms with Gasteiger partial charge >= 0.3 is 5.97 Å². The summed E-state index contributed by atoms with van der Waals surface area (Å²) in [5, 5.41) is 8.78. The third kappa shape index (κ3) is 4.48. The minimum atomic E-state index is -3.55. The third-order valence-electron chi connectivity index (χ3n) is 2.84. The van der Waals surface area contributed by atoms with Crippen molar-refractivity contribution in [1.82, 2.24) is 4.98 Å². The fourth-order valence-electron chi connectivity index (χ4n) is 1.75. The van der Waals surface area contributed by atoms with Crippen molar-refractivity contribution in [1.29, 1.82) is 0 Å². The monoisotopic (exact) mass is 300 g/mol. The highest BCUT2D eigenvalue weighted by molar-refractivity contribution is 7.92. The highest BCUT2D eigenvalue weighted by atomic mass is 32.2. The molecule has 0 aliphatic rings. The van der Waals surface area contributed by atoms with Gasteiger partial charge < -0.3 is 5.11 Å². The molecule has 0 spiro atoms. The molecule has 0 unspecified atom stereocenters. The molecule has 0 saturated heterocycles. The summed E-state index contributed by atoms with van der Waals surface area (Å²) in [5.41, 5.74) is 0.706. The normalized spacial score (nSPS) is 11.3. The Morgan fingerprint density at radius 3 is 2.70 bits per heavy atom. The number of sulfonamides is 1. The zero-order valence-corrected chi connectivity index (χ0v) is 12.6. The zero-order chi connectivity index (χ0) is 15.2. The number of carboxylic acids is 1. The predicted octanol–water partition coefficient (Wildman–Crippen LogP) is 1.80. The predicted molar refractivity (Wildman–Crippen MR) is 77.3 cm³/mol. The molecule has 0 radical (unpaired) electrons. The topological polar surface area (TPSA) is 87.6 Å². The number of carboxylic acid groups (broad SMARTS) is 1. The van der Waals surface area contributed by atoms with Crippen LogP contribution >= 0.6 is 0 Å². The van der Waals surface area contributed by atoms with Gasteiger partial charge in [0.1, 0.15) is 5.82 Å². The molecule has 6 nitrogen and oxygen atoms in total. The summed E-state index contributed by atoms with van der Waals surface area (Å²) in [4.78, 5) is 14.8. The van der Waals surface area contributed by atoms with Crippen molar-refractivity contribution in [2.24, 2.45) is 0 Å². The van der Waals surface area contributed by atoms with Crippen molar-refractivity contribution in [3.05, 3.63) is 23.9 Å². The van der Waals surface area contributed by atoms with E-state index in [1.165, 1.54) is 6.20 Å². The summed E-state index contributed by atoms with van der Waals surface area (Å²) >= 11 is 0. The summed E-state index contributed by atoms with van der Waals surface area (Å²) in [6, 6.07) is 3.47. The Bertz CT molecular complexity index is 557. The summed E-state index contributed by atoms with van der Waals surface area (Å²) in [6.07, 6.45) is 2.55. The standard InChI is InChI=1S/C13H20N2O4S/c1-3-4-10-20(18,19)15(9-7-12(16)17)13-11(2)6-5-8-14-13/h5-6,8H,3-4,7,9-10H2,1-2H3,(H,16,17). The van der Waals surface area contributed by atoms with Gasteiger partial charge in [-0.05, 0) is 25.0 Å². The molecule has 1 aromatic rings. The van der Waals surface area contributed by atoms with Gasteiger partial charge in [-0.25, -0.2) is 13.4 Å². The lowest BCUT2D eigenvalue weighted by molar-refractivity contribution is -0.136. The van der Waals surface area contributed by atoms with Crippen LogP contribution in [0.3, 0.4) is 0 Å². The second kappa shape index (κ2) is 7.23. The van der Waals surface area contributed by atoms with Gasteiger partial charge in [-0.15, -0.1) is 0 Å². The molecule has 1 N–H and O–H groups in total. The molecular weight excluding hydrogens is 280 g/mol. The lowest BCUT2D eigenvalue weighted by Gasteiger charge is -2.24. The summed E-state index contributed by atoms with van der Waals surface area (Å²) in [7, 11) is -3.55. The number of unbranched alkanes of at least 4 members (excludes halogenated alkanes) is 1. The Kier molecular flexibility index (Phi) is 5.94. The van der Waals surface area contributed by atoms with Gasteiger partial charge in [0.15, 0.2) is 0 Å². The first-order valence-electron chi connectivity index (χ1n) is 6.52. The fourth-order valence-corrected chi connectivity index (χ4v) is 3.45. The van der Waals surface area contributed by atoms with Crippen molar-refractivity contribution >= 4 is 21.8 Å². The molecular formula is C13H20N2O4S. The van der Waals surface area contributed by atoms with E-state index in [2.05, 4.69) is 4.98 Å². The number of aromatic nitrogens is 1. The largest absolute Gasteiger partial charge is 0.481 e. The van der Waals surface area contributed by atoms with Gasteiger partial charge in [-0.1, -0.05) is 19.4 Å². The van der Waals surface area contributed by atoms with Gasteiger partial charge in [0.2, 0.25) is 10.0 Å². The average Bonchev–Trinajstić information content (AvgIpc) is 2.38. The van der Waals surface area contributed by atoms with Crippen LogP contribution in [0.15, 0.2) is 18.3 Å². The van der Waals surface area contributed by atoms with Crippen LogP contribution in [0.1, 0.15) is 31.7 Å². The molecule has 0 saturated carbocycles. The Labute approximate surface area is 119 Å². The lowest BCUT2D eigenvalue weighted by atomic mass is 10.3. The van der Waals surface area contributed by atoms with Gasteiger partial charge in [0.25, 0.3) is 0 Å². The van der Waals surface area contributed by atoms with Crippen molar-refractivity contribution in [2.45, 2.75) is 33.1 Å². The first-order chi connectivity index (χ1) is 9.38. The van der Waals surface area contributed by atoms with Gasteiger partial charge in [-0.2, -0.15) is 0 Å². The summed E-state index contributed by atoms with van der Waals surface area (Å²) in [6.45, 7) is 3.56. The number of aryl methyl sites for hydroxylation is 1. The molecule has 0 amide bonds. The second-order valence-corrected chi connectivity index (χ2v) is 6.54. The Balaban J connectivity index is 3.08. The first-order valence-corrected chi connectivity index (χ1v) is 8.13. The maximum atomic E-state index is 12.3. The minimum Gasteiger partial charge on any atom is -0.481 e. The van der Waals surface area contributed by atoms with E-state index < -0.39 is 16.0 Å². The average molecular weight is 300 g/mol. The van der Waals surface area contributed by atoms with E-state index in [9.17, 15) is 13.2 Å². The third-order valence-corrected chi connectivity index (χ3v) is 4.67. The molecule has 0 aliphatic carbocycles. The Morgan fingerprint density at radius 2 is 2.15 bits per heavy atom. The molecule has 1 rings (SSSR count). The Hall–Kier alpha value is -1.63. The molecule has 0 aromatic carbocycles. The van der Waals surface area contributed by atoms with Crippen LogP contribution in [0.2, 0.25) is 0 Å². The van der Waals surface area contributed by atoms with Crippen molar-refractivity contribution in [3.63, 3.8) is 0 Å². The molecule has 1 aromatic heterocycles. The van der Waals surface area contributed by atoms with Gasteiger partial charge in [0.05, 0.1) is 12.2 Å². The van der Waals surface area contributed by atoms with E-state index in [1.54, 1.807) is 19.1 Å². The first kappa shape index (κ1) is 16.4. The maximum Gasteiger partial charge on any atom is 0.305 e. The molecule has 112 valence electrons. The van der Waals surface area contributed by atoms with Gasteiger partial charge in [-0.3, -0.25) is 9.10 Å². The van der Waals surface area contributed by atoms with Crippen LogP contribution in [0.4, 0.5) is 5.82 Å². The van der Waals surface area contributed by atoms with E-state index in [-0.39, 0.29) is 18.7 Å². The van der Waals surface area contributed by atoms with Crippen LogP contribution in [-0.2, 0) is 14.8 Å². The van der Waals surface area contributed by atoms with Crippen LogP contribution in [0, 0.1) is 6.92 Å². The number of rotatable bonds is 8. The number of hydrogen-bond acceptors (Lipinski definition) is 4. The van der Waals surface area contributed by atoms with Crippen LogP contribution in [0.25, 0.3) is 0 Å². The molecule has 0 atom stereocenters. The number of aliphatic carboxylic acids is 1. The number of hydrogen-bond donors (Lipinski definition) is 1. The van der Waals surface area contributed by atoms with Crippen molar-refractivity contribution in [2.75, 3.05) is 16.6 Å². The van der Waals surface area contributed by atoms with E-state index >= 15 is 0 Å². The highest BCUT2D eigenvalue weighted by Crippen LogP contribution is 2.20. The highest BCUT2D eigenvalue weighted by Gasteiger charge is 2.24. The van der Waals surface area contributed by atoms with E-state index in [0.29, 0.717) is 17.8 Å². The minimum absolute atomic E-state index is 0.000860. The fraction of sp³-hybridized carbons (Fsp3) is 0.538. The van der Waals surface area contributed by atoms with Crippen LogP contribution < -0.4 is 4.31 Å². The maximum absolute atomic E-state index is 12.3. The summed E-state index contributed by atoms with van der Waals surface area (Å²) < 4.78 is 25.8. The van der Waals surface area contributed by atoms with Crippen LogP contribution in [-0.4, -0.2) is 36.8 Å². The quantitative estimate of drug-likeness (QED) is 0.791. The number of nitrogens with zero attached hydrogens (tertiary/aromatic N) is 2. The molecule has 0 fully saturated rings. The van der Waals surface area contributed by atoms with E-state index in [4.69, 9.17) is 5.11 Å². The van der Waals surface area contributed by atoms with Crippen LogP contribution in [0.5, 0.6) is 0 Å². The van der Waals surface area contributed by atoms with Gasteiger partial charge in [0, 0.05) is 12.7 Å². The number of carbonyl (C=O) groups is 1. The molecule has 0 aliphatic heterocycles. The van der Waals surface area contributed by atoms with Crippen molar-refractivity contribution < 1.29 is 18.3 Å². The van der Waals surface area contributed by atoms with E-state index in [1.807, 2.05) is 6.92 Å². The molecule has 0 bridgehead atoms. The number of pyridine rings is 1. The molecule has 7 heteroatoms. The molecule has 1 heterocycles. The van der Waals surface area contributed by atoms with E-state index in [0.717, 1.165) is 10.7 Å². The summed E-state index contributed by atoms with van der Waals surface area (Å²) in [5.74, 6) is -0.724. The lowest BCUT2D eigenvalue weighted by Crippen LogP contribution is -2.36. The van der Waals surface area contributed by atoms with Crippen molar-refractivity contribution in [3.8, 4) is 0 Å². The SMILES string of the molecule is CCCCS(=O)(=O)N(CCC(=O)O)c1ncccc1C.